The molecule has 2 aromatic rings. The number of pyridine rings is 1. The van der Waals surface area contributed by atoms with Crippen LogP contribution in [-0.2, 0) is 0 Å². The molecule has 0 aliphatic carbocycles. The van der Waals surface area contributed by atoms with Gasteiger partial charge in [0.2, 0.25) is 0 Å². The number of rotatable bonds is 3. The first-order valence-electron chi connectivity index (χ1n) is 8.00. The molecule has 23 heavy (non-hydrogen) atoms. The van der Waals surface area contributed by atoms with Crippen LogP contribution in [0.3, 0.4) is 0 Å². The zero-order valence-corrected chi connectivity index (χ0v) is 13.6. The molecule has 0 spiro atoms. The summed E-state index contributed by atoms with van der Waals surface area (Å²) in [7, 11) is 0. The molecule has 1 aliphatic heterocycles. The summed E-state index contributed by atoms with van der Waals surface area (Å²) in [6.07, 6.45) is 5.13. The van der Waals surface area contributed by atoms with E-state index in [0.717, 1.165) is 24.0 Å². The minimum absolute atomic E-state index is 0.0556. The largest absolute Gasteiger partial charge is 0.388 e. The van der Waals surface area contributed by atoms with Crippen LogP contribution in [0.2, 0.25) is 0 Å². The fourth-order valence-electron chi connectivity index (χ4n) is 3.26. The number of nitrogens with zero attached hydrogens (tertiary/aromatic N) is 2. The van der Waals surface area contributed by atoms with Gasteiger partial charge in [-0.15, -0.1) is 0 Å². The number of aliphatic hydroxyl groups is 1. The van der Waals surface area contributed by atoms with Crippen molar-refractivity contribution < 1.29 is 9.90 Å². The molecule has 0 radical (unpaired) electrons. The summed E-state index contributed by atoms with van der Waals surface area (Å²) >= 11 is 0. The average molecular weight is 310 g/mol. The Morgan fingerprint density at radius 3 is 2.65 bits per heavy atom. The molecule has 1 fully saturated rings. The van der Waals surface area contributed by atoms with Gasteiger partial charge < -0.3 is 10.0 Å². The third-order valence-corrected chi connectivity index (χ3v) is 4.42. The van der Waals surface area contributed by atoms with Crippen LogP contribution >= 0.6 is 0 Å². The number of carbonyl (C=O) groups is 1. The first-order chi connectivity index (χ1) is 11.0. The Bertz CT molecular complexity index is 692. The highest BCUT2D eigenvalue weighted by molar-refractivity contribution is 5.95. The average Bonchev–Trinajstić information content (AvgIpc) is 3.05. The van der Waals surface area contributed by atoms with Gasteiger partial charge in [0.1, 0.15) is 0 Å². The van der Waals surface area contributed by atoms with Crippen LogP contribution in [0.4, 0.5) is 0 Å². The van der Waals surface area contributed by atoms with Crippen molar-refractivity contribution in [2.24, 2.45) is 0 Å². The fourth-order valence-corrected chi connectivity index (χ4v) is 3.26. The fraction of sp³-hybridized carbons (Fsp3) is 0.368. The van der Waals surface area contributed by atoms with Gasteiger partial charge in [-0.1, -0.05) is 30.3 Å². The molecule has 1 aromatic carbocycles. The molecular formula is C19H22N2O2. The third-order valence-electron chi connectivity index (χ3n) is 4.42. The normalized spacial score (nSPS) is 18.2. The predicted octanol–water partition coefficient (Wildman–Crippen LogP) is 3.12. The highest BCUT2D eigenvalue weighted by atomic mass is 16.3. The Labute approximate surface area is 136 Å². The van der Waals surface area contributed by atoms with Crippen molar-refractivity contribution >= 4 is 5.91 Å². The minimum Gasteiger partial charge on any atom is -0.388 e. The molecule has 1 amide bonds. The second kappa shape index (κ2) is 6.13. The zero-order valence-electron chi connectivity index (χ0n) is 13.6. The molecule has 4 heteroatoms. The van der Waals surface area contributed by atoms with Crippen molar-refractivity contribution in [1.82, 2.24) is 9.88 Å². The van der Waals surface area contributed by atoms with Gasteiger partial charge in [0, 0.05) is 24.5 Å². The van der Waals surface area contributed by atoms with Crippen molar-refractivity contribution in [2.75, 3.05) is 6.54 Å². The molecule has 4 nitrogen and oxygen atoms in total. The lowest BCUT2D eigenvalue weighted by atomic mass is 9.96. The Hall–Kier alpha value is -2.20. The number of hydrogen-bond donors (Lipinski definition) is 1. The van der Waals surface area contributed by atoms with E-state index in [2.05, 4.69) is 4.98 Å². The van der Waals surface area contributed by atoms with Crippen LogP contribution in [0, 0.1) is 0 Å². The van der Waals surface area contributed by atoms with Gasteiger partial charge in [-0.25, -0.2) is 0 Å². The Morgan fingerprint density at radius 1 is 1.22 bits per heavy atom. The molecule has 2 heterocycles. The molecule has 0 saturated carbocycles. The van der Waals surface area contributed by atoms with Gasteiger partial charge in [0.05, 0.1) is 17.2 Å². The molecule has 3 rings (SSSR count). The van der Waals surface area contributed by atoms with Crippen LogP contribution in [0.15, 0.2) is 48.8 Å². The molecule has 1 atom stereocenters. The van der Waals surface area contributed by atoms with E-state index < -0.39 is 5.60 Å². The van der Waals surface area contributed by atoms with Crippen molar-refractivity contribution in [3.63, 3.8) is 0 Å². The lowest BCUT2D eigenvalue weighted by Crippen LogP contribution is -2.48. The molecule has 120 valence electrons. The van der Waals surface area contributed by atoms with E-state index in [1.807, 2.05) is 36.4 Å². The molecule has 0 unspecified atom stereocenters. The summed E-state index contributed by atoms with van der Waals surface area (Å²) in [4.78, 5) is 18.9. The van der Waals surface area contributed by atoms with Crippen molar-refractivity contribution in [3.05, 3.63) is 54.4 Å². The van der Waals surface area contributed by atoms with E-state index in [0.29, 0.717) is 12.1 Å². The van der Waals surface area contributed by atoms with Crippen molar-refractivity contribution in [3.8, 4) is 11.1 Å². The number of carbonyl (C=O) groups excluding carboxylic acids is 1. The summed E-state index contributed by atoms with van der Waals surface area (Å²) in [5.74, 6) is -0.0556. The number of likely N-dealkylation sites (tertiary alicyclic amines) is 1. The smallest absolute Gasteiger partial charge is 0.255 e. The van der Waals surface area contributed by atoms with E-state index in [4.69, 9.17) is 0 Å². The molecular weight excluding hydrogens is 288 g/mol. The second-order valence-corrected chi connectivity index (χ2v) is 6.64. The Kier molecular flexibility index (Phi) is 4.18. The summed E-state index contributed by atoms with van der Waals surface area (Å²) < 4.78 is 0. The lowest BCUT2D eigenvalue weighted by Gasteiger charge is -2.33. The van der Waals surface area contributed by atoms with Gasteiger partial charge >= 0.3 is 0 Å². The van der Waals surface area contributed by atoms with Crippen LogP contribution in [-0.4, -0.2) is 39.1 Å². The van der Waals surface area contributed by atoms with Gasteiger partial charge in [0.15, 0.2) is 0 Å². The third kappa shape index (κ3) is 3.27. The maximum atomic E-state index is 12.9. The van der Waals surface area contributed by atoms with Crippen LogP contribution < -0.4 is 0 Å². The van der Waals surface area contributed by atoms with Gasteiger partial charge in [-0.3, -0.25) is 9.78 Å². The molecule has 1 N–H and O–H groups in total. The molecule has 0 bridgehead atoms. The maximum Gasteiger partial charge on any atom is 0.255 e. The van der Waals surface area contributed by atoms with E-state index >= 15 is 0 Å². The first-order valence-corrected chi connectivity index (χ1v) is 8.00. The van der Waals surface area contributed by atoms with E-state index in [1.54, 1.807) is 31.1 Å². The quantitative estimate of drug-likeness (QED) is 0.947. The maximum absolute atomic E-state index is 12.9. The predicted molar refractivity (Wildman–Crippen MR) is 90.0 cm³/mol. The van der Waals surface area contributed by atoms with Gasteiger partial charge in [-0.05, 0) is 38.3 Å². The molecule has 1 aliphatic rings. The standard InChI is InChI=1S/C19H22N2O2/c1-19(2,23)17-9-6-10-21(17)18(22)16-11-15(12-20-13-16)14-7-4-3-5-8-14/h3-5,7-8,11-13,17,23H,6,9-10H2,1-2H3/t17-/m0/s1. The Morgan fingerprint density at radius 2 is 1.96 bits per heavy atom. The SMILES string of the molecule is CC(C)(O)[C@@H]1CCCN1C(=O)c1cncc(-c2ccccc2)c1. The summed E-state index contributed by atoms with van der Waals surface area (Å²) in [5, 5.41) is 10.3. The Balaban J connectivity index is 1.89. The topological polar surface area (TPSA) is 53.4 Å². The van der Waals surface area contributed by atoms with Gasteiger partial charge in [-0.2, -0.15) is 0 Å². The number of aromatic nitrogens is 1. The number of amides is 1. The van der Waals surface area contributed by atoms with E-state index in [9.17, 15) is 9.90 Å². The first kappa shape index (κ1) is 15.7. The van der Waals surface area contributed by atoms with Crippen LogP contribution in [0.5, 0.6) is 0 Å². The van der Waals surface area contributed by atoms with Crippen molar-refractivity contribution in [1.29, 1.82) is 0 Å². The van der Waals surface area contributed by atoms with Crippen LogP contribution in [0.1, 0.15) is 37.0 Å². The molecule has 1 saturated heterocycles. The highest BCUT2D eigenvalue weighted by Gasteiger charge is 2.38. The van der Waals surface area contributed by atoms with E-state index in [1.165, 1.54) is 0 Å². The lowest BCUT2D eigenvalue weighted by molar-refractivity contribution is 0.000322. The van der Waals surface area contributed by atoms with Crippen molar-refractivity contribution in [2.45, 2.75) is 38.3 Å². The highest BCUT2D eigenvalue weighted by Crippen LogP contribution is 2.29. The second-order valence-electron chi connectivity index (χ2n) is 6.64. The summed E-state index contributed by atoms with van der Waals surface area (Å²) in [6.45, 7) is 4.22. The number of benzene rings is 1. The van der Waals surface area contributed by atoms with E-state index in [-0.39, 0.29) is 11.9 Å². The zero-order chi connectivity index (χ0) is 16.4. The monoisotopic (exact) mass is 310 g/mol. The molecule has 1 aromatic heterocycles. The number of hydrogen-bond acceptors (Lipinski definition) is 3. The summed E-state index contributed by atoms with van der Waals surface area (Å²) in [5.41, 5.74) is 1.64. The summed E-state index contributed by atoms with van der Waals surface area (Å²) in [6, 6.07) is 11.6. The van der Waals surface area contributed by atoms with Gasteiger partial charge in [0.25, 0.3) is 5.91 Å². The van der Waals surface area contributed by atoms with Crippen LogP contribution in [0.25, 0.3) is 11.1 Å². The minimum atomic E-state index is -0.892.